The van der Waals surface area contributed by atoms with Crippen LogP contribution in [-0.2, 0) is 21.1 Å². The summed E-state index contributed by atoms with van der Waals surface area (Å²) < 4.78 is 34.5. The Morgan fingerprint density at radius 2 is 2.12 bits per heavy atom. The van der Waals surface area contributed by atoms with Gasteiger partial charge in [0.05, 0.1) is 24.7 Å². The molecule has 2 saturated heterocycles. The molecule has 2 heterocycles. The Bertz CT molecular complexity index is 659. The lowest BCUT2D eigenvalue weighted by Crippen LogP contribution is -2.38. The number of benzene rings is 1. The van der Waals surface area contributed by atoms with Crippen LogP contribution in [0.1, 0.15) is 12.0 Å². The van der Waals surface area contributed by atoms with E-state index in [1.165, 1.54) is 0 Å². The quantitative estimate of drug-likeness (QED) is 0.716. The highest BCUT2D eigenvalue weighted by atomic mass is 32.2. The first-order valence-electron chi connectivity index (χ1n) is 8.94. The average Bonchev–Trinajstić information content (AvgIpc) is 2.96. The van der Waals surface area contributed by atoms with E-state index in [0.717, 1.165) is 57.1 Å². The van der Waals surface area contributed by atoms with Gasteiger partial charge in [0.25, 0.3) is 0 Å². The summed E-state index contributed by atoms with van der Waals surface area (Å²) in [5, 5.41) is 0. The normalized spacial score (nSPS) is 23.8. The van der Waals surface area contributed by atoms with Gasteiger partial charge in [-0.2, -0.15) is 0 Å². The average molecular weight is 368 g/mol. The molecule has 3 rings (SSSR count). The minimum absolute atomic E-state index is 0.121. The van der Waals surface area contributed by atoms with E-state index in [2.05, 4.69) is 21.9 Å². The van der Waals surface area contributed by atoms with Crippen LogP contribution < -0.4 is 4.74 Å². The van der Waals surface area contributed by atoms with Crippen molar-refractivity contribution in [2.75, 3.05) is 58.0 Å². The van der Waals surface area contributed by atoms with Crippen molar-refractivity contribution in [2.24, 2.45) is 0 Å². The Balaban J connectivity index is 1.47. The Morgan fingerprint density at radius 3 is 2.84 bits per heavy atom. The Hall–Kier alpha value is -1.15. The monoisotopic (exact) mass is 368 g/mol. The SMILES string of the molecule is CN(Cc1cccc(OCCN2CCOCC2)c1)C1CCS(=O)(=O)C1. The molecule has 2 aliphatic rings. The molecule has 140 valence electrons. The summed E-state index contributed by atoms with van der Waals surface area (Å²) in [6.07, 6.45) is 0.731. The third kappa shape index (κ3) is 5.67. The molecule has 0 radical (unpaired) electrons. The second-order valence-electron chi connectivity index (χ2n) is 6.92. The van der Waals surface area contributed by atoms with Gasteiger partial charge in [-0.15, -0.1) is 0 Å². The van der Waals surface area contributed by atoms with Crippen LogP contribution in [-0.4, -0.2) is 82.3 Å². The zero-order valence-electron chi connectivity index (χ0n) is 14.9. The number of hydrogen-bond acceptors (Lipinski definition) is 6. The summed E-state index contributed by atoms with van der Waals surface area (Å²) in [6.45, 7) is 5.86. The van der Waals surface area contributed by atoms with E-state index >= 15 is 0 Å². The number of rotatable bonds is 7. The highest BCUT2D eigenvalue weighted by Crippen LogP contribution is 2.20. The first kappa shape index (κ1) is 18.6. The van der Waals surface area contributed by atoms with Gasteiger partial charge in [0.2, 0.25) is 0 Å². The van der Waals surface area contributed by atoms with Gasteiger partial charge in [-0.1, -0.05) is 12.1 Å². The van der Waals surface area contributed by atoms with Crippen LogP contribution in [0.3, 0.4) is 0 Å². The van der Waals surface area contributed by atoms with Crippen molar-refractivity contribution in [1.82, 2.24) is 9.80 Å². The van der Waals surface area contributed by atoms with E-state index in [0.29, 0.717) is 12.4 Å². The highest BCUT2D eigenvalue weighted by molar-refractivity contribution is 7.91. The molecule has 0 saturated carbocycles. The molecule has 1 aromatic rings. The summed E-state index contributed by atoms with van der Waals surface area (Å²) in [5.41, 5.74) is 1.15. The first-order valence-corrected chi connectivity index (χ1v) is 10.8. The predicted octanol–water partition coefficient (Wildman–Crippen LogP) is 1.02. The topological polar surface area (TPSA) is 59.1 Å². The van der Waals surface area contributed by atoms with Gasteiger partial charge >= 0.3 is 0 Å². The highest BCUT2D eigenvalue weighted by Gasteiger charge is 2.30. The molecule has 2 fully saturated rings. The molecule has 6 nitrogen and oxygen atoms in total. The number of sulfone groups is 1. The fourth-order valence-electron chi connectivity index (χ4n) is 3.39. The standard InChI is InChI=1S/C18H28N2O4S/c1-19(17-5-12-25(21,22)15-17)14-16-3-2-4-18(13-16)24-11-8-20-6-9-23-10-7-20/h2-4,13,17H,5-12,14-15H2,1H3. The first-order chi connectivity index (χ1) is 12.0. The van der Waals surface area contributed by atoms with Crippen molar-refractivity contribution in [3.63, 3.8) is 0 Å². The predicted molar refractivity (Wildman–Crippen MR) is 97.7 cm³/mol. The molecule has 0 aromatic heterocycles. The van der Waals surface area contributed by atoms with Crippen LogP contribution in [0.15, 0.2) is 24.3 Å². The van der Waals surface area contributed by atoms with Crippen LogP contribution in [0.2, 0.25) is 0 Å². The van der Waals surface area contributed by atoms with Crippen molar-refractivity contribution in [3.8, 4) is 5.75 Å². The van der Waals surface area contributed by atoms with Gasteiger partial charge in [0.15, 0.2) is 9.84 Å². The van der Waals surface area contributed by atoms with E-state index < -0.39 is 9.84 Å². The maximum absolute atomic E-state index is 11.6. The molecule has 1 aromatic carbocycles. The smallest absolute Gasteiger partial charge is 0.151 e. The lowest BCUT2D eigenvalue weighted by Gasteiger charge is -2.26. The van der Waals surface area contributed by atoms with E-state index in [1.54, 1.807) is 0 Å². The van der Waals surface area contributed by atoms with Crippen molar-refractivity contribution < 1.29 is 17.9 Å². The molecule has 2 aliphatic heterocycles. The third-order valence-electron chi connectivity index (χ3n) is 4.94. The molecule has 1 atom stereocenters. The summed E-state index contributed by atoms with van der Waals surface area (Å²) in [7, 11) is -0.846. The maximum atomic E-state index is 11.6. The van der Waals surface area contributed by atoms with E-state index in [9.17, 15) is 8.42 Å². The second-order valence-corrected chi connectivity index (χ2v) is 9.15. The number of morpholine rings is 1. The number of hydrogen-bond donors (Lipinski definition) is 0. The van der Waals surface area contributed by atoms with Crippen LogP contribution in [0, 0.1) is 0 Å². The summed E-state index contributed by atoms with van der Waals surface area (Å²) >= 11 is 0. The van der Waals surface area contributed by atoms with Gasteiger partial charge in [0.1, 0.15) is 12.4 Å². The van der Waals surface area contributed by atoms with Gasteiger partial charge in [-0.05, 0) is 31.2 Å². The van der Waals surface area contributed by atoms with Gasteiger partial charge < -0.3 is 9.47 Å². The fourth-order valence-corrected chi connectivity index (χ4v) is 5.20. The molecule has 1 unspecified atom stereocenters. The molecule has 25 heavy (non-hydrogen) atoms. The van der Waals surface area contributed by atoms with E-state index in [1.807, 2.05) is 19.2 Å². The van der Waals surface area contributed by atoms with Crippen molar-refractivity contribution >= 4 is 9.84 Å². The maximum Gasteiger partial charge on any atom is 0.151 e. The summed E-state index contributed by atoms with van der Waals surface area (Å²) in [4.78, 5) is 4.49. The van der Waals surface area contributed by atoms with E-state index in [-0.39, 0.29) is 11.8 Å². The molecular weight excluding hydrogens is 340 g/mol. The lowest BCUT2D eigenvalue weighted by atomic mass is 10.1. The Kier molecular flexibility index (Phi) is 6.33. The second kappa shape index (κ2) is 8.49. The summed E-state index contributed by atoms with van der Waals surface area (Å²) in [5.74, 6) is 1.46. The Labute approximate surface area is 150 Å². The fraction of sp³-hybridized carbons (Fsp3) is 0.667. The van der Waals surface area contributed by atoms with Crippen molar-refractivity contribution in [1.29, 1.82) is 0 Å². The van der Waals surface area contributed by atoms with E-state index in [4.69, 9.17) is 9.47 Å². The minimum atomic E-state index is -2.84. The van der Waals surface area contributed by atoms with Crippen LogP contribution >= 0.6 is 0 Å². The summed E-state index contributed by atoms with van der Waals surface area (Å²) in [6, 6.07) is 8.21. The zero-order chi connectivity index (χ0) is 17.7. The molecule has 0 N–H and O–H groups in total. The molecular formula is C18H28N2O4S. The molecule has 0 spiro atoms. The Morgan fingerprint density at radius 1 is 1.32 bits per heavy atom. The minimum Gasteiger partial charge on any atom is -0.492 e. The van der Waals surface area contributed by atoms with Crippen LogP contribution in [0.25, 0.3) is 0 Å². The van der Waals surface area contributed by atoms with Gasteiger partial charge in [-0.25, -0.2) is 8.42 Å². The lowest BCUT2D eigenvalue weighted by molar-refractivity contribution is 0.0322. The van der Waals surface area contributed by atoms with Gasteiger partial charge in [-0.3, -0.25) is 9.80 Å². The van der Waals surface area contributed by atoms with Crippen molar-refractivity contribution in [3.05, 3.63) is 29.8 Å². The molecule has 0 amide bonds. The number of ether oxygens (including phenoxy) is 2. The molecule has 0 aliphatic carbocycles. The van der Waals surface area contributed by atoms with Crippen LogP contribution in [0.5, 0.6) is 5.75 Å². The molecule has 7 heteroatoms. The molecule has 0 bridgehead atoms. The zero-order valence-corrected chi connectivity index (χ0v) is 15.7. The van der Waals surface area contributed by atoms with Crippen molar-refractivity contribution in [2.45, 2.75) is 19.0 Å². The van der Waals surface area contributed by atoms with Gasteiger partial charge in [0, 0.05) is 32.2 Å². The van der Waals surface area contributed by atoms with Crippen LogP contribution in [0.4, 0.5) is 0 Å². The number of nitrogens with zero attached hydrogens (tertiary/aromatic N) is 2. The largest absolute Gasteiger partial charge is 0.492 e. The third-order valence-corrected chi connectivity index (χ3v) is 6.69.